The fourth-order valence-electron chi connectivity index (χ4n) is 4.55. The smallest absolute Gasteiger partial charge is 0.328 e. The van der Waals surface area contributed by atoms with E-state index in [2.05, 4.69) is 31.2 Å². The van der Waals surface area contributed by atoms with E-state index in [4.69, 9.17) is 23.2 Å². The number of carboxylic acids is 1. The summed E-state index contributed by atoms with van der Waals surface area (Å²) < 4.78 is 0. The maximum absolute atomic E-state index is 13.1. The Kier molecular flexibility index (Phi) is 7.99. The molecule has 0 aliphatic heterocycles. The first-order chi connectivity index (χ1) is 19.3. The zero-order valence-corrected chi connectivity index (χ0v) is 22.5. The van der Waals surface area contributed by atoms with Crippen molar-refractivity contribution in [2.24, 2.45) is 0 Å². The van der Waals surface area contributed by atoms with Crippen LogP contribution in [0.5, 0.6) is 0 Å². The number of benzene rings is 3. The fourth-order valence-corrected chi connectivity index (χ4v) is 5.14. The summed E-state index contributed by atoms with van der Waals surface area (Å²) in [4.78, 5) is 46.2. The van der Waals surface area contributed by atoms with E-state index in [1.807, 2.05) is 48.5 Å². The molecule has 0 spiro atoms. The number of hydrogen-bond acceptors (Lipinski definition) is 6. The van der Waals surface area contributed by atoms with Crippen LogP contribution in [0.2, 0.25) is 10.0 Å². The molecule has 1 aromatic heterocycles. The van der Waals surface area contributed by atoms with Crippen LogP contribution >= 0.6 is 23.2 Å². The van der Waals surface area contributed by atoms with Gasteiger partial charge in [-0.2, -0.15) is 0 Å². The summed E-state index contributed by atoms with van der Waals surface area (Å²) in [5.74, 6) is -1.92. The van der Waals surface area contributed by atoms with Crippen LogP contribution in [0, 0.1) is 0 Å². The molecular formula is C28H24Cl2N6O4. The van der Waals surface area contributed by atoms with Crippen molar-refractivity contribution in [3.63, 3.8) is 0 Å². The van der Waals surface area contributed by atoms with Gasteiger partial charge >= 0.3 is 12.0 Å². The summed E-state index contributed by atoms with van der Waals surface area (Å²) in [5, 5.41) is 21.3. The van der Waals surface area contributed by atoms with Crippen LogP contribution in [-0.4, -0.2) is 45.6 Å². The molecule has 0 unspecified atom stereocenters. The zero-order chi connectivity index (χ0) is 28.2. The molecule has 4 aromatic rings. The minimum Gasteiger partial charge on any atom is -0.480 e. The van der Waals surface area contributed by atoms with E-state index >= 15 is 0 Å². The minimum absolute atomic E-state index is 0.0159. The van der Waals surface area contributed by atoms with Crippen LogP contribution in [0.1, 0.15) is 33.9 Å². The lowest BCUT2D eigenvalue weighted by atomic mass is 10.1. The number of amides is 3. The summed E-state index contributed by atoms with van der Waals surface area (Å²) in [6.45, 7) is -0.362. The van der Waals surface area contributed by atoms with Crippen molar-refractivity contribution >= 4 is 63.6 Å². The van der Waals surface area contributed by atoms with Gasteiger partial charge in [-0.1, -0.05) is 65.7 Å². The van der Waals surface area contributed by atoms with E-state index in [0.29, 0.717) is 11.2 Å². The Morgan fingerprint density at radius 3 is 2.62 bits per heavy atom. The summed E-state index contributed by atoms with van der Waals surface area (Å²) in [6, 6.07) is 16.1. The largest absolute Gasteiger partial charge is 0.480 e. The highest BCUT2D eigenvalue weighted by Crippen LogP contribution is 2.33. The van der Waals surface area contributed by atoms with E-state index in [0.717, 1.165) is 23.8 Å². The molecule has 40 heavy (non-hydrogen) atoms. The fraction of sp³-hybridized carbons (Fsp3) is 0.179. The molecule has 3 aromatic carbocycles. The molecule has 12 heteroatoms. The number of anilines is 2. The molecule has 0 fully saturated rings. The van der Waals surface area contributed by atoms with Gasteiger partial charge < -0.3 is 26.4 Å². The zero-order valence-electron chi connectivity index (χ0n) is 20.9. The summed E-state index contributed by atoms with van der Waals surface area (Å²) >= 11 is 12.8. The second-order valence-corrected chi connectivity index (χ2v) is 9.96. The number of hydrogen-bond donors (Lipinski definition) is 5. The SMILES string of the molecule is O=C(NC[C@H](NC(=O)c1c(Cl)ccc(Nc2ncc3ccccc3n2)c1Cl)C(=O)O)N[C@@H]1CCc2ccccc21. The van der Waals surface area contributed by atoms with Crippen molar-refractivity contribution in [3.05, 3.63) is 93.6 Å². The molecular weight excluding hydrogens is 555 g/mol. The topological polar surface area (TPSA) is 145 Å². The van der Waals surface area contributed by atoms with E-state index in [-0.39, 0.29) is 34.1 Å². The van der Waals surface area contributed by atoms with Gasteiger partial charge in [-0.05, 0) is 42.2 Å². The summed E-state index contributed by atoms with van der Waals surface area (Å²) in [6.07, 6.45) is 3.24. The number of fused-ring (bicyclic) bond motifs is 2. The predicted octanol–water partition coefficient (Wildman–Crippen LogP) is 4.85. The Morgan fingerprint density at radius 1 is 1.02 bits per heavy atom. The maximum atomic E-state index is 13.1. The summed E-state index contributed by atoms with van der Waals surface area (Å²) in [7, 11) is 0. The highest BCUT2D eigenvalue weighted by atomic mass is 35.5. The number of aryl methyl sites for hydroxylation is 1. The van der Waals surface area contributed by atoms with Gasteiger partial charge in [0.1, 0.15) is 6.04 Å². The number of urea groups is 1. The molecule has 1 aliphatic carbocycles. The number of aromatic nitrogens is 2. The molecule has 204 valence electrons. The Bertz CT molecular complexity index is 1620. The first-order valence-electron chi connectivity index (χ1n) is 12.4. The lowest BCUT2D eigenvalue weighted by molar-refractivity contribution is -0.139. The number of carbonyl (C=O) groups excluding carboxylic acids is 2. The predicted molar refractivity (Wildman–Crippen MR) is 152 cm³/mol. The van der Waals surface area contributed by atoms with Gasteiger partial charge in [0, 0.05) is 11.6 Å². The number of nitrogens with zero attached hydrogens (tertiary/aromatic N) is 2. The monoisotopic (exact) mass is 578 g/mol. The molecule has 5 rings (SSSR count). The van der Waals surface area contributed by atoms with Gasteiger partial charge in [-0.3, -0.25) is 4.79 Å². The van der Waals surface area contributed by atoms with Crippen molar-refractivity contribution in [1.82, 2.24) is 25.9 Å². The Balaban J connectivity index is 1.25. The standard InChI is InChI=1S/C28H24Cl2N6O4/c29-18-10-12-21(35-27-31-13-16-6-2-4-8-19(16)34-27)24(30)23(18)25(37)33-22(26(38)39)14-32-28(40)36-20-11-9-15-5-1-3-7-17(15)20/h1-8,10,12-13,20,22H,9,11,14H2,(H,33,37)(H,38,39)(H,31,34,35)(H2,32,36,40)/t20-,22+/m1/s1. The lowest BCUT2D eigenvalue weighted by Gasteiger charge is -2.19. The number of carboxylic acid groups (broad SMARTS) is 1. The third kappa shape index (κ3) is 5.93. The van der Waals surface area contributed by atoms with E-state index in [1.165, 1.54) is 11.6 Å². The van der Waals surface area contributed by atoms with Crippen LogP contribution in [0.4, 0.5) is 16.4 Å². The Hall–Kier alpha value is -4.41. The maximum Gasteiger partial charge on any atom is 0.328 e. The molecule has 10 nitrogen and oxygen atoms in total. The Labute approximate surface area is 239 Å². The number of halogens is 2. The van der Waals surface area contributed by atoms with Crippen LogP contribution in [-0.2, 0) is 11.2 Å². The number of nitrogens with one attached hydrogen (secondary N) is 4. The Morgan fingerprint density at radius 2 is 1.80 bits per heavy atom. The molecule has 0 radical (unpaired) electrons. The number of para-hydroxylation sites is 1. The highest BCUT2D eigenvalue weighted by Gasteiger charge is 2.27. The van der Waals surface area contributed by atoms with Crippen molar-refractivity contribution in [2.75, 3.05) is 11.9 Å². The number of rotatable bonds is 8. The van der Waals surface area contributed by atoms with E-state index in [1.54, 1.807) is 12.3 Å². The average molecular weight is 579 g/mol. The third-order valence-corrected chi connectivity index (χ3v) is 7.27. The molecule has 3 amide bonds. The van der Waals surface area contributed by atoms with Gasteiger partial charge in [-0.25, -0.2) is 19.6 Å². The molecule has 2 atom stereocenters. The van der Waals surface area contributed by atoms with Crippen molar-refractivity contribution in [2.45, 2.75) is 24.9 Å². The number of aliphatic carboxylic acids is 1. The van der Waals surface area contributed by atoms with Gasteiger partial charge in [0.2, 0.25) is 5.95 Å². The third-order valence-electron chi connectivity index (χ3n) is 6.56. The van der Waals surface area contributed by atoms with Gasteiger partial charge in [0.25, 0.3) is 5.91 Å². The first kappa shape index (κ1) is 27.2. The van der Waals surface area contributed by atoms with Crippen LogP contribution in [0.25, 0.3) is 10.9 Å². The molecule has 5 N–H and O–H groups in total. The summed E-state index contributed by atoms with van der Waals surface area (Å²) in [5.41, 5.74) is 3.08. The van der Waals surface area contributed by atoms with Gasteiger partial charge in [0.15, 0.2) is 0 Å². The molecule has 0 saturated heterocycles. The molecule has 1 aliphatic rings. The quantitative estimate of drug-likeness (QED) is 0.201. The first-order valence-corrected chi connectivity index (χ1v) is 13.2. The van der Waals surface area contributed by atoms with Gasteiger partial charge in [0.05, 0.1) is 39.4 Å². The van der Waals surface area contributed by atoms with Crippen LogP contribution in [0.15, 0.2) is 66.9 Å². The second-order valence-electron chi connectivity index (χ2n) is 9.17. The van der Waals surface area contributed by atoms with Crippen LogP contribution in [0.3, 0.4) is 0 Å². The van der Waals surface area contributed by atoms with Crippen molar-refractivity contribution < 1.29 is 19.5 Å². The molecule has 0 bridgehead atoms. The lowest BCUT2D eigenvalue weighted by Crippen LogP contribution is -2.50. The van der Waals surface area contributed by atoms with Crippen molar-refractivity contribution in [3.8, 4) is 0 Å². The molecule has 0 saturated carbocycles. The second kappa shape index (κ2) is 11.8. The average Bonchev–Trinajstić information content (AvgIpc) is 3.35. The minimum atomic E-state index is -1.44. The van der Waals surface area contributed by atoms with Crippen molar-refractivity contribution in [1.29, 1.82) is 0 Å². The van der Waals surface area contributed by atoms with Gasteiger partial charge in [-0.15, -0.1) is 0 Å². The molecule has 1 heterocycles. The van der Waals surface area contributed by atoms with E-state index < -0.39 is 23.9 Å². The normalized spacial score (nSPS) is 14.7. The highest BCUT2D eigenvalue weighted by molar-refractivity contribution is 6.41. The number of carbonyl (C=O) groups is 3. The van der Waals surface area contributed by atoms with E-state index in [9.17, 15) is 19.5 Å². The van der Waals surface area contributed by atoms with Crippen LogP contribution < -0.4 is 21.3 Å².